The molecule has 1 fully saturated rings. The van der Waals surface area contributed by atoms with Crippen molar-refractivity contribution in [1.29, 1.82) is 0 Å². The highest BCUT2D eigenvalue weighted by Gasteiger charge is 2.31. The van der Waals surface area contributed by atoms with Crippen molar-refractivity contribution >= 4 is 10.0 Å². The molecule has 0 aromatic carbocycles. The number of rotatable bonds is 8. The van der Waals surface area contributed by atoms with E-state index in [4.69, 9.17) is 10.5 Å². The predicted molar refractivity (Wildman–Crippen MR) is 68.3 cm³/mol. The molecule has 1 aliphatic carbocycles. The lowest BCUT2D eigenvalue weighted by Crippen LogP contribution is -2.42. The Morgan fingerprint density at radius 1 is 1.35 bits per heavy atom. The highest BCUT2D eigenvalue weighted by molar-refractivity contribution is 7.89. The predicted octanol–water partition coefficient (Wildman–Crippen LogP) is 0.556. The zero-order valence-electron chi connectivity index (χ0n) is 10.6. The van der Waals surface area contributed by atoms with Crippen molar-refractivity contribution in [3.63, 3.8) is 0 Å². The zero-order valence-corrected chi connectivity index (χ0v) is 11.4. The minimum absolute atomic E-state index is 0.0740. The van der Waals surface area contributed by atoms with Gasteiger partial charge in [0.1, 0.15) is 0 Å². The lowest BCUT2D eigenvalue weighted by atomic mass is 10.2. The van der Waals surface area contributed by atoms with E-state index in [9.17, 15) is 8.42 Å². The van der Waals surface area contributed by atoms with Crippen LogP contribution in [0.4, 0.5) is 0 Å². The van der Waals surface area contributed by atoms with Gasteiger partial charge in [-0.1, -0.05) is 12.8 Å². The van der Waals surface area contributed by atoms with Crippen molar-refractivity contribution in [2.45, 2.75) is 38.1 Å². The molecule has 0 heterocycles. The number of nitrogens with two attached hydrogens (primary N) is 1. The van der Waals surface area contributed by atoms with E-state index >= 15 is 0 Å². The highest BCUT2D eigenvalue weighted by atomic mass is 32.2. The lowest BCUT2D eigenvalue weighted by molar-refractivity contribution is 0.214. The fourth-order valence-corrected chi connectivity index (χ4v) is 3.98. The van der Waals surface area contributed by atoms with E-state index in [1.54, 1.807) is 4.31 Å². The summed E-state index contributed by atoms with van der Waals surface area (Å²) in [6.45, 7) is 1.34. The summed E-state index contributed by atoms with van der Waals surface area (Å²) in [5, 5.41) is 0. The van der Waals surface area contributed by atoms with Crippen molar-refractivity contribution in [3.05, 3.63) is 0 Å². The van der Waals surface area contributed by atoms with E-state index in [1.165, 1.54) is 7.11 Å². The Morgan fingerprint density at radius 2 is 2.00 bits per heavy atom. The first-order chi connectivity index (χ1) is 8.11. The van der Waals surface area contributed by atoms with Crippen molar-refractivity contribution in [3.8, 4) is 0 Å². The normalized spacial score (nSPS) is 18.1. The molecule has 0 amide bonds. The molecule has 5 nitrogen and oxygen atoms in total. The van der Waals surface area contributed by atoms with Gasteiger partial charge in [-0.25, -0.2) is 8.42 Å². The van der Waals surface area contributed by atoms with E-state index in [0.717, 1.165) is 32.1 Å². The maximum atomic E-state index is 12.2. The third-order valence-electron chi connectivity index (χ3n) is 3.22. The second-order valence-electron chi connectivity index (χ2n) is 4.50. The second kappa shape index (κ2) is 7.31. The van der Waals surface area contributed by atoms with E-state index in [-0.39, 0.29) is 18.4 Å². The molecule has 102 valence electrons. The van der Waals surface area contributed by atoms with Gasteiger partial charge in [-0.15, -0.1) is 0 Å². The Labute approximate surface area is 104 Å². The van der Waals surface area contributed by atoms with Crippen LogP contribution >= 0.6 is 0 Å². The number of ether oxygens (including phenoxy) is 1. The van der Waals surface area contributed by atoms with Crippen LogP contribution in [-0.4, -0.2) is 51.3 Å². The minimum atomic E-state index is -3.19. The van der Waals surface area contributed by atoms with Gasteiger partial charge in [0.25, 0.3) is 0 Å². The monoisotopic (exact) mass is 264 g/mol. The van der Waals surface area contributed by atoms with E-state index in [0.29, 0.717) is 13.1 Å². The first-order valence-corrected chi connectivity index (χ1v) is 7.91. The molecule has 1 rings (SSSR count). The maximum absolute atomic E-state index is 12.2. The van der Waals surface area contributed by atoms with Crippen LogP contribution in [0.25, 0.3) is 0 Å². The van der Waals surface area contributed by atoms with Crippen molar-refractivity contribution < 1.29 is 13.2 Å². The van der Waals surface area contributed by atoms with Crippen LogP contribution in [0.1, 0.15) is 32.1 Å². The summed E-state index contributed by atoms with van der Waals surface area (Å²) in [6, 6.07) is 0.184. The first kappa shape index (κ1) is 14.9. The van der Waals surface area contributed by atoms with Gasteiger partial charge in [-0.05, 0) is 25.8 Å². The van der Waals surface area contributed by atoms with Gasteiger partial charge < -0.3 is 10.5 Å². The SMILES string of the molecule is COCCS(=O)(=O)N(CCCN)C1CCCC1. The lowest BCUT2D eigenvalue weighted by Gasteiger charge is -2.27. The molecule has 1 aliphatic rings. The molecule has 0 spiro atoms. The highest BCUT2D eigenvalue weighted by Crippen LogP contribution is 2.26. The van der Waals surface area contributed by atoms with Gasteiger partial charge in [-0.2, -0.15) is 4.31 Å². The summed E-state index contributed by atoms with van der Waals surface area (Å²) in [7, 11) is -1.66. The van der Waals surface area contributed by atoms with Gasteiger partial charge in [-0.3, -0.25) is 0 Å². The molecule has 0 aromatic heterocycles. The summed E-state index contributed by atoms with van der Waals surface area (Å²) < 4.78 is 30.9. The molecule has 0 unspecified atom stereocenters. The van der Waals surface area contributed by atoms with E-state index in [2.05, 4.69) is 0 Å². The van der Waals surface area contributed by atoms with Crippen LogP contribution in [0.3, 0.4) is 0 Å². The molecule has 2 N–H and O–H groups in total. The third kappa shape index (κ3) is 4.54. The number of sulfonamides is 1. The Bertz CT molecular complexity index is 300. The first-order valence-electron chi connectivity index (χ1n) is 6.30. The summed E-state index contributed by atoms with van der Waals surface area (Å²) in [4.78, 5) is 0. The van der Waals surface area contributed by atoms with Crippen LogP contribution in [0.5, 0.6) is 0 Å². The van der Waals surface area contributed by atoms with Crippen molar-refractivity contribution in [1.82, 2.24) is 4.31 Å². The molecule has 1 saturated carbocycles. The third-order valence-corrected chi connectivity index (χ3v) is 5.10. The Kier molecular flexibility index (Phi) is 6.40. The summed E-state index contributed by atoms with van der Waals surface area (Å²) in [6.07, 6.45) is 4.95. The molecule has 0 aliphatic heterocycles. The molecule has 0 radical (unpaired) electrons. The van der Waals surface area contributed by atoms with Crippen LogP contribution in [0, 0.1) is 0 Å². The minimum Gasteiger partial charge on any atom is -0.384 e. The smallest absolute Gasteiger partial charge is 0.216 e. The topological polar surface area (TPSA) is 72.6 Å². The Morgan fingerprint density at radius 3 is 2.53 bits per heavy atom. The fraction of sp³-hybridized carbons (Fsp3) is 1.00. The number of methoxy groups -OCH3 is 1. The largest absolute Gasteiger partial charge is 0.384 e. The van der Waals surface area contributed by atoms with Gasteiger partial charge in [0.05, 0.1) is 12.4 Å². The van der Waals surface area contributed by atoms with Gasteiger partial charge in [0, 0.05) is 19.7 Å². The number of hydrogen-bond acceptors (Lipinski definition) is 4. The number of nitrogens with zero attached hydrogens (tertiary/aromatic N) is 1. The average Bonchev–Trinajstić information content (AvgIpc) is 2.80. The average molecular weight is 264 g/mol. The molecule has 0 saturated heterocycles. The van der Waals surface area contributed by atoms with Crippen LogP contribution in [0.15, 0.2) is 0 Å². The molecule has 17 heavy (non-hydrogen) atoms. The van der Waals surface area contributed by atoms with E-state index in [1.807, 2.05) is 0 Å². The number of hydrogen-bond donors (Lipinski definition) is 1. The summed E-state index contributed by atoms with van der Waals surface area (Å²) >= 11 is 0. The Hall–Kier alpha value is -0.170. The standard InChI is InChI=1S/C11H24N2O3S/c1-16-9-10-17(14,15)13(8-4-7-12)11-5-2-3-6-11/h11H,2-10,12H2,1H3. The zero-order chi connectivity index (χ0) is 12.7. The van der Waals surface area contributed by atoms with Crippen LogP contribution in [0.2, 0.25) is 0 Å². The van der Waals surface area contributed by atoms with E-state index < -0.39 is 10.0 Å². The molecular weight excluding hydrogens is 240 g/mol. The molecule has 0 bridgehead atoms. The van der Waals surface area contributed by atoms with Gasteiger partial charge in [0.2, 0.25) is 10.0 Å². The van der Waals surface area contributed by atoms with Crippen LogP contribution < -0.4 is 5.73 Å². The summed E-state index contributed by atoms with van der Waals surface area (Å²) in [5.74, 6) is 0.0740. The maximum Gasteiger partial charge on any atom is 0.216 e. The quantitative estimate of drug-likeness (QED) is 0.695. The van der Waals surface area contributed by atoms with Crippen molar-refractivity contribution in [2.24, 2.45) is 5.73 Å². The van der Waals surface area contributed by atoms with Crippen LogP contribution in [-0.2, 0) is 14.8 Å². The van der Waals surface area contributed by atoms with Crippen molar-refractivity contribution in [2.75, 3.05) is 32.6 Å². The molecule has 0 aromatic rings. The molecule has 0 atom stereocenters. The Balaban J connectivity index is 2.66. The molecular formula is C11H24N2O3S. The fourth-order valence-electron chi connectivity index (χ4n) is 2.29. The second-order valence-corrected chi connectivity index (χ2v) is 6.54. The molecule has 6 heteroatoms. The van der Waals surface area contributed by atoms with Gasteiger partial charge >= 0.3 is 0 Å². The van der Waals surface area contributed by atoms with Gasteiger partial charge in [0.15, 0.2) is 0 Å². The summed E-state index contributed by atoms with van der Waals surface area (Å²) in [5.41, 5.74) is 5.47.